The number of aryl methyl sites for hydroxylation is 2. The summed E-state index contributed by atoms with van der Waals surface area (Å²) in [6, 6.07) is 10.0. The Labute approximate surface area is 151 Å². The fraction of sp³-hybridized carbons (Fsp3) is 0.368. The lowest BCUT2D eigenvalue weighted by Crippen LogP contribution is -2.49. The van der Waals surface area contributed by atoms with E-state index in [0.717, 1.165) is 11.3 Å². The predicted molar refractivity (Wildman–Crippen MR) is 95.0 cm³/mol. The zero-order valence-electron chi connectivity index (χ0n) is 14.7. The second-order valence-corrected chi connectivity index (χ2v) is 6.30. The Morgan fingerprint density at radius 1 is 1.23 bits per heavy atom. The Kier molecular flexibility index (Phi) is 5.42. The number of hydrogen-bond acceptors (Lipinski definition) is 5. The lowest BCUT2D eigenvalue weighted by molar-refractivity contribution is -0.131. The molecule has 0 N–H and O–H groups in total. The van der Waals surface area contributed by atoms with Crippen molar-refractivity contribution in [1.82, 2.24) is 14.9 Å². The fourth-order valence-electron chi connectivity index (χ4n) is 3.01. The smallest absolute Gasteiger partial charge is 0.226 e. The molecule has 0 saturated carbocycles. The maximum Gasteiger partial charge on any atom is 0.226 e. The summed E-state index contributed by atoms with van der Waals surface area (Å²) in [5.41, 5.74) is 1.93. The molecule has 1 aromatic heterocycles. The Morgan fingerprint density at radius 3 is 2.69 bits per heavy atom. The molecule has 6 nitrogen and oxygen atoms in total. The maximum atomic E-state index is 13.2. The first-order valence-corrected chi connectivity index (χ1v) is 8.58. The van der Waals surface area contributed by atoms with Crippen LogP contribution in [0.5, 0.6) is 0 Å². The van der Waals surface area contributed by atoms with Crippen LogP contribution >= 0.6 is 0 Å². The molecule has 1 amide bonds. The van der Waals surface area contributed by atoms with Crippen LogP contribution in [0.15, 0.2) is 30.3 Å². The van der Waals surface area contributed by atoms with Crippen molar-refractivity contribution in [2.24, 2.45) is 0 Å². The molecule has 26 heavy (non-hydrogen) atoms. The van der Waals surface area contributed by atoms with Crippen LogP contribution in [0.25, 0.3) is 0 Å². The number of benzene rings is 1. The molecule has 1 aliphatic heterocycles. The summed E-state index contributed by atoms with van der Waals surface area (Å²) in [6.45, 7) is 4.25. The lowest BCUT2D eigenvalue weighted by atomic mass is 10.1. The molecular weight excluding hydrogens is 333 g/mol. The number of halogens is 1. The topological polar surface area (TPSA) is 73.1 Å². The van der Waals surface area contributed by atoms with Crippen molar-refractivity contribution in [2.75, 3.05) is 31.1 Å². The van der Waals surface area contributed by atoms with E-state index in [0.29, 0.717) is 50.7 Å². The van der Waals surface area contributed by atoms with Gasteiger partial charge in [-0.25, -0.2) is 14.4 Å². The van der Waals surface area contributed by atoms with Gasteiger partial charge in [0.1, 0.15) is 17.6 Å². The molecule has 0 radical (unpaired) electrons. The number of nitriles is 1. The molecule has 0 spiro atoms. The first-order chi connectivity index (χ1) is 12.5. The van der Waals surface area contributed by atoms with Crippen molar-refractivity contribution >= 4 is 11.9 Å². The van der Waals surface area contributed by atoms with Gasteiger partial charge in [0.25, 0.3) is 0 Å². The summed E-state index contributed by atoms with van der Waals surface area (Å²) < 4.78 is 13.2. The summed E-state index contributed by atoms with van der Waals surface area (Å²) in [4.78, 5) is 24.8. The summed E-state index contributed by atoms with van der Waals surface area (Å²) in [6.07, 6.45) is 0.895. The number of piperazine rings is 1. The van der Waals surface area contributed by atoms with E-state index in [1.165, 1.54) is 12.1 Å². The Morgan fingerprint density at radius 2 is 2.00 bits per heavy atom. The molecule has 1 aliphatic rings. The number of carbonyl (C=O) groups is 1. The minimum atomic E-state index is -0.279. The second kappa shape index (κ2) is 7.91. The van der Waals surface area contributed by atoms with Crippen molar-refractivity contribution in [3.05, 3.63) is 53.1 Å². The number of rotatable bonds is 4. The van der Waals surface area contributed by atoms with Gasteiger partial charge in [0, 0.05) is 38.3 Å². The molecule has 2 heterocycles. The minimum Gasteiger partial charge on any atom is -0.339 e. The minimum absolute atomic E-state index is 0.0665. The van der Waals surface area contributed by atoms with Gasteiger partial charge in [0.05, 0.1) is 0 Å². The summed E-state index contributed by atoms with van der Waals surface area (Å²) in [7, 11) is 0. The molecule has 0 bridgehead atoms. The van der Waals surface area contributed by atoms with Gasteiger partial charge in [-0.15, -0.1) is 0 Å². The monoisotopic (exact) mass is 353 g/mol. The molecule has 2 aromatic rings. The number of carbonyl (C=O) groups excluding carboxylic acids is 1. The summed E-state index contributed by atoms with van der Waals surface area (Å²) >= 11 is 0. The zero-order chi connectivity index (χ0) is 18.5. The van der Waals surface area contributed by atoms with Gasteiger partial charge in [0.15, 0.2) is 0 Å². The van der Waals surface area contributed by atoms with Crippen LogP contribution in [0.3, 0.4) is 0 Å². The first kappa shape index (κ1) is 17.8. The van der Waals surface area contributed by atoms with E-state index in [1.54, 1.807) is 12.1 Å². The van der Waals surface area contributed by atoms with Gasteiger partial charge < -0.3 is 9.80 Å². The molecule has 7 heteroatoms. The average molecular weight is 353 g/mol. The highest BCUT2D eigenvalue weighted by molar-refractivity contribution is 5.76. The van der Waals surface area contributed by atoms with Crippen molar-refractivity contribution in [2.45, 2.75) is 19.8 Å². The van der Waals surface area contributed by atoms with Crippen LogP contribution in [0.1, 0.15) is 23.4 Å². The van der Waals surface area contributed by atoms with E-state index in [-0.39, 0.29) is 11.7 Å². The third kappa shape index (κ3) is 4.33. The van der Waals surface area contributed by atoms with Crippen molar-refractivity contribution in [1.29, 1.82) is 5.26 Å². The van der Waals surface area contributed by atoms with E-state index in [4.69, 9.17) is 5.26 Å². The van der Waals surface area contributed by atoms with Crippen molar-refractivity contribution < 1.29 is 9.18 Å². The van der Waals surface area contributed by atoms with Gasteiger partial charge in [-0.2, -0.15) is 5.26 Å². The van der Waals surface area contributed by atoms with Crippen molar-refractivity contribution in [3.63, 3.8) is 0 Å². The van der Waals surface area contributed by atoms with Gasteiger partial charge in [0.2, 0.25) is 11.9 Å². The molecule has 0 unspecified atom stereocenters. The molecule has 134 valence electrons. The third-order valence-corrected chi connectivity index (χ3v) is 4.39. The van der Waals surface area contributed by atoms with Crippen LogP contribution in [0, 0.1) is 24.1 Å². The molecule has 0 atom stereocenters. The SMILES string of the molecule is Cc1cc(C#N)nc(N2CCN(C(=O)CCc3cccc(F)c3)CC2)n1. The van der Waals surface area contributed by atoms with Crippen LogP contribution < -0.4 is 4.90 Å². The highest BCUT2D eigenvalue weighted by Gasteiger charge is 2.22. The molecule has 3 rings (SSSR count). The number of nitrogens with zero attached hydrogens (tertiary/aromatic N) is 5. The van der Waals surface area contributed by atoms with E-state index >= 15 is 0 Å². The van der Waals surface area contributed by atoms with Gasteiger partial charge in [-0.3, -0.25) is 4.79 Å². The lowest BCUT2D eigenvalue weighted by Gasteiger charge is -2.35. The fourth-order valence-corrected chi connectivity index (χ4v) is 3.01. The van der Waals surface area contributed by atoms with Crippen LogP contribution in [0.4, 0.5) is 10.3 Å². The third-order valence-electron chi connectivity index (χ3n) is 4.39. The number of anilines is 1. The Bertz CT molecular complexity index is 840. The standard InChI is InChI=1S/C19H20FN5O/c1-14-11-17(13-21)23-19(22-14)25-9-7-24(8-10-25)18(26)6-5-15-3-2-4-16(20)12-15/h2-4,11-12H,5-10H2,1H3. The quantitative estimate of drug-likeness (QED) is 0.841. The Hall–Kier alpha value is -3.01. The number of aromatic nitrogens is 2. The summed E-state index contributed by atoms with van der Waals surface area (Å²) in [5.74, 6) is 0.323. The molecular formula is C19H20FN5O. The van der Waals surface area contributed by atoms with Gasteiger partial charge in [-0.05, 0) is 37.1 Å². The van der Waals surface area contributed by atoms with Crippen molar-refractivity contribution in [3.8, 4) is 6.07 Å². The van der Waals surface area contributed by atoms with E-state index < -0.39 is 0 Å². The van der Waals surface area contributed by atoms with E-state index in [9.17, 15) is 9.18 Å². The number of hydrogen-bond donors (Lipinski definition) is 0. The Balaban J connectivity index is 1.54. The van der Waals surface area contributed by atoms with E-state index in [1.807, 2.05) is 28.9 Å². The maximum absolute atomic E-state index is 13.2. The average Bonchev–Trinajstić information content (AvgIpc) is 2.65. The van der Waals surface area contributed by atoms with Crippen LogP contribution in [-0.4, -0.2) is 47.0 Å². The molecule has 1 aromatic carbocycles. The second-order valence-electron chi connectivity index (χ2n) is 6.30. The molecule has 0 aliphatic carbocycles. The highest BCUT2D eigenvalue weighted by Crippen LogP contribution is 2.14. The van der Waals surface area contributed by atoms with Crippen LogP contribution in [-0.2, 0) is 11.2 Å². The highest BCUT2D eigenvalue weighted by atomic mass is 19.1. The number of amides is 1. The predicted octanol–water partition coefficient (Wildman–Crippen LogP) is 2.08. The molecule has 1 saturated heterocycles. The first-order valence-electron chi connectivity index (χ1n) is 8.58. The normalized spacial score (nSPS) is 14.2. The van der Waals surface area contributed by atoms with Gasteiger partial charge >= 0.3 is 0 Å². The largest absolute Gasteiger partial charge is 0.339 e. The van der Waals surface area contributed by atoms with Gasteiger partial charge in [-0.1, -0.05) is 12.1 Å². The molecule has 1 fully saturated rings. The summed E-state index contributed by atoms with van der Waals surface area (Å²) in [5, 5.41) is 9.03. The van der Waals surface area contributed by atoms with E-state index in [2.05, 4.69) is 9.97 Å². The zero-order valence-corrected chi connectivity index (χ0v) is 14.7. The van der Waals surface area contributed by atoms with Crippen LogP contribution in [0.2, 0.25) is 0 Å².